The zero-order valence-corrected chi connectivity index (χ0v) is 11.5. The van der Waals surface area contributed by atoms with Gasteiger partial charge in [-0.1, -0.05) is 12.1 Å². The van der Waals surface area contributed by atoms with Gasteiger partial charge in [0.2, 0.25) is 0 Å². The molecule has 0 aliphatic rings. The van der Waals surface area contributed by atoms with Gasteiger partial charge in [-0.2, -0.15) is 0 Å². The number of benzene rings is 2. The van der Waals surface area contributed by atoms with Crippen molar-refractivity contribution in [3.8, 4) is 0 Å². The normalized spacial score (nSPS) is 12.2. The van der Waals surface area contributed by atoms with Crippen LogP contribution < -0.4 is 5.32 Å². The first-order valence-corrected chi connectivity index (χ1v) is 6.41. The minimum Gasteiger partial charge on any atom is -0.387 e. The molecule has 0 fully saturated rings. The number of anilines is 1. The van der Waals surface area contributed by atoms with Gasteiger partial charge in [0.1, 0.15) is 0 Å². The third kappa shape index (κ3) is 3.54. The van der Waals surface area contributed by atoms with Gasteiger partial charge in [-0.25, -0.2) is 8.78 Å². The number of rotatable bonds is 4. The Labute approximate surface area is 117 Å². The van der Waals surface area contributed by atoms with Gasteiger partial charge < -0.3 is 10.4 Å². The SMILES string of the molecule is Cc1cc(C)cc(NCC(O)c2ccc(F)c(F)c2)c1. The molecule has 2 aromatic carbocycles. The lowest BCUT2D eigenvalue weighted by Crippen LogP contribution is -2.12. The van der Waals surface area contributed by atoms with Crippen LogP contribution >= 0.6 is 0 Å². The van der Waals surface area contributed by atoms with Crippen LogP contribution in [0.25, 0.3) is 0 Å². The summed E-state index contributed by atoms with van der Waals surface area (Å²) in [6, 6.07) is 9.40. The topological polar surface area (TPSA) is 32.3 Å². The van der Waals surface area contributed by atoms with Gasteiger partial charge in [0.25, 0.3) is 0 Å². The molecule has 0 aliphatic heterocycles. The zero-order chi connectivity index (χ0) is 14.7. The third-order valence-electron chi connectivity index (χ3n) is 3.05. The second-order valence-electron chi connectivity index (χ2n) is 4.95. The van der Waals surface area contributed by atoms with Gasteiger partial charge >= 0.3 is 0 Å². The summed E-state index contributed by atoms with van der Waals surface area (Å²) in [7, 11) is 0. The molecule has 2 rings (SSSR count). The van der Waals surface area contributed by atoms with Gasteiger partial charge in [-0.3, -0.25) is 0 Å². The van der Waals surface area contributed by atoms with E-state index in [1.165, 1.54) is 6.07 Å². The molecule has 1 unspecified atom stereocenters. The molecular weight excluding hydrogens is 260 g/mol. The van der Waals surface area contributed by atoms with Crippen molar-refractivity contribution in [3.05, 3.63) is 64.7 Å². The molecule has 0 aromatic heterocycles. The van der Waals surface area contributed by atoms with Gasteiger partial charge in [0.05, 0.1) is 6.10 Å². The highest BCUT2D eigenvalue weighted by atomic mass is 19.2. The molecule has 2 aromatic rings. The van der Waals surface area contributed by atoms with E-state index in [0.717, 1.165) is 28.9 Å². The molecule has 0 aliphatic carbocycles. The first kappa shape index (κ1) is 14.5. The van der Waals surface area contributed by atoms with Crippen molar-refractivity contribution in [2.45, 2.75) is 20.0 Å². The van der Waals surface area contributed by atoms with E-state index in [9.17, 15) is 13.9 Å². The Morgan fingerprint density at radius 3 is 2.25 bits per heavy atom. The number of hydrogen-bond donors (Lipinski definition) is 2. The number of aliphatic hydroxyl groups is 1. The number of nitrogens with one attached hydrogen (secondary N) is 1. The van der Waals surface area contributed by atoms with Crippen LogP contribution in [0.2, 0.25) is 0 Å². The Balaban J connectivity index is 2.04. The van der Waals surface area contributed by atoms with Crippen molar-refractivity contribution in [3.63, 3.8) is 0 Å². The smallest absolute Gasteiger partial charge is 0.159 e. The lowest BCUT2D eigenvalue weighted by atomic mass is 10.1. The van der Waals surface area contributed by atoms with Gasteiger partial charge in [-0.05, 0) is 54.8 Å². The average Bonchev–Trinajstić information content (AvgIpc) is 2.38. The van der Waals surface area contributed by atoms with Crippen molar-refractivity contribution in [1.82, 2.24) is 0 Å². The van der Waals surface area contributed by atoms with Crippen molar-refractivity contribution in [2.75, 3.05) is 11.9 Å². The van der Waals surface area contributed by atoms with Crippen LogP contribution in [0.15, 0.2) is 36.4 Å². The maximum Gasteiger partial charge on any atom is 0.159 e. The summed E-state index contributed by atoms with van der Waals surface area (Å²) in [6.45, 7) is 4.21. The summed E-state index contributed by atoms with van der Waals surface area (Å²) in [5, 5.41) is 13.1. The first-order chi connectivity index (χ1) is 9.45. The minimum atomic E-state index is -0.951. The lowest BCUT2D eigenvalue weighted by Gasteiger charge is -2.14. The van der Waals surface area contributed by atoms with E-state index in [0.29, 0.717) is 5.56 Å². The van der Waals surface area contributed by atoms with Crippen LogP contribution in [0.5, 0.6) is 0 Å². The number of hydrogen-bond acceptors (Lipinski definition) is 2. The van der Waals surface area contributed by atoms with Crippen molar-refractivity contribution >= 4 is 5.69 Å². The highest BCUT2D eigenvalue weighted by molar-refractivity contribution is 5.48. The summed E-state index contributed by atoms with van der Waals surface area (Å²) in [5.74, 6) is -1.86. The molecule has 106 valence electrons. The zero-order valence-electron chi connectivity index (χ0n) is 11.5. The van der Waals surface area contributed by atoms with Crippen LogP contribution in [0.3, 0.4) is 0 Å². The predicted octanol–water partition coefficient (Wildman–Crippen LogP) is 3.73. The van der Waals surface area contributed by atoms with Crippen LogP contribution in [0, 0.1) is 25.5 Å². The van der Waals surface area contributed by atoms with E-state index in [-0.39, 0.29) is 6.54 Å². The largest absolute Gasteiger partial charge is 0.387 e. The second kappa shape index (κ2) is 6.01. The highest BCUT2D eigenvalue weighted by Gasteiger charge is 2.10. The van der Waals surface area contributed by atoms with Crippen LogP contribution in [-0.2, 0) is 0 Å². The number of aryl methyl sites for hydroxylation is 2. The molecule has 0 heterocycles. The van der Waals surface area contributed by atoms with Crippen molar-refractivity contribution in [2.24, 2.45) is 0 Å². The van der Waals surface area contributed by atoms with E-state index >= 15 is 0 Å². The molecule has 0 radical (unpaired) electrons. The summed E-state index contributed by atoms with van der Waals surface area (Å²) < 4.78 is 25.9. The predicted molar refractivity (Wildman–Crippen MR) is 75.7 cm³/mol. The van der Waals surface area contributed by atoms with Crippen LogP contribution in [-0.4, -0.2) is 11.7 Å². The molecule has 2 nitrogen and oxygen atoms in total. The fraction of sp³-hybridized carbons (Fsp3) is 0.250. The summed E-state index contributed by atoms with van der Waals surface area (Å²) in [6.07, 6.45) is -0.897. The van der Waals surface area contributed by atoms with Crippen molar-refractivity contribution < 1.29 is 13.9 Å². The Morgan fingerprint density at radius 1 is 1.00 bits per heavy atom. The summed E-state index contributed by atoms with van der Waals surface area (Å²) in [5.41, 5.74) is 3.48. The number of aliphatic hydroxyl groups excluding tert-OH is 1. The fourth-order valence-corrected chi connectivity index (χ4v) is 2.13. The molecule has 20 heavy (non-hydrogen) atoms. The first-order valence-electron chi connectivity index (χ1n) is 6.41. The maximum absolute atomic E-state index is 13.1. The van der Waals surface area contributed by atoms with E-state index in [1.54, 1.807) is 0 Å². The summed E-state index contributed by atoms with van der Waals surface area (Å²) in [4.78, 5) is 0. The molecule has 0 saturated heterocycles. The van der Waals surface area contributed by atoms with Crippen molar-refractivity contribution in [1.29, 1.82) is 0 Å². The monoisotopic (exact) mass is 277 g/mol. The Kier molecular flexibility index (Phi) is 4.35. The fourth-order valence-electron chi connectivity index (χ4n) is 2.13. The summed E-state index contributed by atoms with van der Waals surface area (Å²) >= 11 is 0. The standard InChI is InChI=1S/C16H17F2NO/c1-10-5-11(2)7-13(6-10)19-9-16(20)12-3-4-14(17)15(18)8-12/h3-8,16,19-20H,9H2,1-2H3. The highest BCUT2D eigenvalue weighted by Crippen LogP contribution is 2.19. The molecule has 1 atom stereocenters. The van der Waals surface area contributed by atoms with Gasteiger partial charge in [0, 0.05) is 12.2 Å². The lowest BCUT2D eigenvalue weighted by molar-refractivity contribution is 0.191. The Morgan fingerprint density at radius 2 is 1.65 bits per heavy atom. The molecule has 0 spiro atoms. The van der Waals surface area contributed by atoms with E-state index in [1.807, 2.05) is 26.0 Å². The molecule has 0 bridgehead atoms. The van der Waals surface area contributed by atoms with E-state index in [2.05, 4.69) is 11.4 Å². The second-order valence-corrected chi connectivity index (χ2v) is 4.95. The number of halogens is 2. The molecule has 0 amide bonds. The van der Waals surface area contributed by atoms with E-state index in [4.69, 9.17) is 0 Å². The van der Waals surface area contributed by atoms with Crippen LogP contribution in [0.4, 0.5) is 14.5 Å². The maximum atomic E-state index is 13.1. The molecule has 2 N–H and O–H groups in total. The van der Waals surface area contributed by atoms with Crippen LogP contribution in [0.1, 0.15) is 22.8 Å². The Hall–Kier alpha value is -1.94. The van der Waals surface area contributed by atoms with Gasteiger partial charge in [-0.15, -0.1) is 0 Å². The quantitative estimate of drug-likeness (QED) is 0.892. The van der Waals surface area contributed by atoms with Gasteiger partial charge in [0.15, 0.2) is 11.6 Å². The average molecular weight is 277 g/mol. The molecule has 4 heteroatoms. The minimum absolute atomic E-state index is 0.230. The third-order valence-corrected chi connectivity index (χ3v) is 3.05. The van der Waals surface area contributed by atoms with E-state index < -0.39 is 17.7 Å². The molecular formula is C16H17F2NO. The molecule has 0 saturated carbocycles. The Bertz CT molecular complexity index is 593.